The van der Waals surface area contributed by atoms with Crippen LogP contribution in [0.3, 0.4) is 0 Å². The molecule has 140 valence electrons. The van der Waals surface area contributed by atoms with Crippen molar-refractivity contribution in [2.45, 2.75) is 57.5 Å². The second kappa shape index (κ2) is 7.48. The third-order valence-corrected chi connectivity index (χ3v) is 5.68. The van der Waals surface area contributed by atoms with Gasteiger partial charge in [0, 0.05) is 12.6 Å². The van der Waals surface area contributed by atoms with Crippen LogP contribution < -0.4 is 5.32 Å². The third-order valence-electron chi connectivity index (χ3n) is 5.68. The number of urea groups is 1. The number of benzene rings is 1. The fraction of sp³-hybridized carbons (Fsp3) is 0.550. The van der Waals surface area contributed by atoms with E-state index in [9.17, 15) is 14.4 Å². The summed E-state index contributed by atoms with van der Waals surface area (Å²) in [5.41, 5.74) is -0.329. The Morgan fingerprint density at radius 2 is 1.92 bits per heavy atom. The molecule has 0 aromatic heterocycles. The highest BCUT2D eigenvalue weighted by Crippen LogP contribution is 2.32. The van der Waals surface area contributed by atoms with Crippen molar-refractivity contribution < 1.29 is 14.4 Å². The van der Waals surface area contributed by atoms with Gasteiger partial charge in [0.25, 0.3) is 5.91 Å². The lowest BCUT2D eigenvalue weighted by molar-refractivity contribution is -0.141. The molecule has 2 heterocycles. The zero-order valence-electron chi connectivity index (χ0n) is 15.5. The van der Waals surface area contributed by atoms with Crippen molar-refractivity contribution in [2.24, 2.45) is 0 Å². The largest absolute Gasteiger partial charge is 0.338 e. The summed E-state index contributed by atoms with van der Waals surface area (Å²) in [5.74, 6) is -0.477. The molecule has 0 radical (unpaired) electrons. The molecule has 0 spiro atoms. The zero-order valence-corrected chi connectivity index (χ0v) is 15.5. The van der Waals surface area contributed by atoms with E-state index in [0.29, 0.717) is 13.0 Å². The first-order chi connectivity index (χ1) is 12.5. The lowest BCUT2D eigenvalue weighted by Gasteiger charge is -2.36. The summed E-state index contributed by atoms with van der Waals surface area (Å²) in [6.07, 6.45) is 4.43. The molecule has 3 rings (SSSR count). The van der Waals surface area contributed by atoms with E-state index in [-0.39, 0.29) is 24.4 Å². The van der Waals surface area contributed by atoms with Crippen LogP contribution in [0.1, 0.15) is 51.5 Å². The minimum absolute atomic E-state index is 0.139. The Kier molecular flexibility index (Phi) is 5.30. The predicted molar refractivity (Wildman–Crippen MR) is 98.3 cm³/mol. The molecule has 2 aliphatic heterocycles. The number of rotatable bonds is 5. The van der Waals surface area contributed by atoms with Gasteiger partial charge in [-0.25, -0.2) is 4.79 Å². The molecule has 2 fully saturated rings. The molecular weight excluding hydrogens is 330 g/mol. The van der Waals surface area contributed by atoms with Crippen LogP contribution in [0, 0.1) is 0 Å². The summed E-state index contributed by atoms with van der Waals surface area (Å²) in [6.45, 7) is 4.46. The number of carbonyl (C=O) groups excluding carboxylic acids is 3. The molecule has 2 aliphatic rings. The molecule has 6 nitrogen and oxygen atoms in total. The van der Waals surface area contributed by atoms with Crippen molar-refractivity contribution in [2.75, 3.05) is 13.1 Å². The van der Waals surface area contributed by atoms with Crippen LogP contribution in [0.4, 0.5) is 4.79 Å². The van der Waals surface area contributed by atoms with E-state index >= 15 is 0 Å². The molecule has 0 unspecified atom stereocenters. The Hall–Kier alpha value is -2.37. The van der Waals surface area contributed by atoms with E-state index in [4.69, 9.17) is 0 Å². The van der Waals surface area contributed by atoms with Gasteiger partial charge < -0.3 is 10.2 Å². The molecule has 1 aromatic rings. The molecule has 4 amide bonds. The van der Waals surface area contributed by atoms with Crippen molar-refractivity contribution in [3.8, 4) is 0 Å². The highest BCUT2D eigenvalue weighted by Gasteiger charge is 2.51. The number of imide groups is 1. The second-order valence-electron chi connectivity index (χ2n) is 7.09. The summed E-state index contributed by atoms with van der Waals surface area (Å²) in [4.78, 5) is 41.4. The van der Waals surface area contributed by atoms with Crippen LogP contribution in [-0.4, -0.2) is 46.8 Å². The average molecular weight is 357 g/mol. The van der Waals surface area contributed by atoms with Crippen LogP contribution in [0.5, 0.6) is 0 Å². The number of likely N-dealkylation sites (tertiary alicyclic amines) is 1. The Bertz CT molecular complexity index is 691. The fourth-order valence-corrected chi connectivity index (χ4v) is 4.11. The standard InChI is InChI=1S/C20H27N3O3/c1-3-16-12-8-9-13-22(16)17(24)14-23-18(25)20(4-2,21-19(23)26)15-10-6-5-7-11-15/h5-7,10-11,16H,3-4,8-9,12-14H2,1-2H3,(H,21,26)/t16-,20-/m1/s1. The maximum atomic E-state index is 13.1. The lowest BCUT2D eigenvalue weighted by atomic mass is 9.87. The first-order valence-electron chi connectivity index (χ1n) is 9.52. The van der Waals surface area contributed by atoms with E-state index in [0.717, 1.165) is 36.1 Å². The quantitative estimate of drug-likeness (QED) is 0.824. The van der Waals surface area contributed by atoms with Gasteiger partial charge in [-0.3, -0.25) is 14.5 Å². The minimum atomic E-state index is -1.08. The van der Waals surface area contributed by atoms with Crippen LogP contribution in [0.25, 0.3) is 0 Å². The topological polar surface area (TPSA) is 69.7 Å². The molecule has 0 bridgehead atoms. The normalized spacial score (nSPS) is 26.2. The number of nitrogens with zero attached hydrogens (tertiary/aromatic N) is 2. The zero-order chi connectivity index (χ0) is 18.7. The number of amides is 4. The van der Waals surface area contributed by atoms with Gasteiger partial charge >= 0.3 is 6.03 Å². The van der Waals surface area contributed by atoms with Gasteiger partial charge in [-0.2, -0.15) is 0 Å². The van der Waals surface area contributed by atoms with E-state index in [2.05, 4.69) is 12.2 Å². The number of hydrogen-bond donors (Lipinski definition) is 1. The van der Waals surface area contributed by atoms with Gasteiger partial charge in [0.05, 0.1) is 0 Å². The third kappa shape index (κ3) is 3.08. The van der Waals surface area contributed by atoms with E-state index in [1.807, 2.05) is 42.2 Å². The Labute approximate surface area is 154 Å². The van der Waals surface area contributed by atoms with Crippen LogP contribution in [-0.2, 0) is 15.1 Å². The smallest absolute Gasteiger partial charge is 0.325 e. The van der Waals surface area contributed by atoms with Gasteiger partial charge in [0.2, 0.25) is 5.91 Å². The van der Waals surface area contributed by atoms with Crippen LogP contribution in [0.15, 0.2) is 30.3 Å². The lowest BCUT2D eigenvalue weighted by Crippen LogP contribution is -2.49. The van der Waals surface area contributed by atoms with Crippen molar-refractivity contribution >= 4 is 17.8 Å². The molecule has 2 saturated heterocycles. The predicted octanol–water partition coefficient (Wildman–Crippen LogP) is 2.63. The van der Waals surface area contributed by atoms with Crippen molar-refractivity contribution in [1.29, 1.82) is 0 Å². The molecule has 26 heavy (non-hydrogen) atoms. The summed E-state index contributed by atoms with van der Waals surface area (Å²) < 4.78 is 0. The molecule has 6 heteroatoms. The maximum Gasteiger partial charge on any atom is 0.325 e. The van der Waals surface area contributed by atoms with Gasteiger partial charge in [-0.05, 0) is 37.7 Å². The monoisotopic (exact) mass is 357 g/mol. The van der Waals surface area contributed by atoms with Gasteiger partial charge in [0.15, 0.2) is 0 Å². The van der Waals surface area contributed by atoms with Gasteiger partial charge in [-0.15, -0.1) is 0 Å². The number of piperidine rings is 1. The number of nitrogens with one attached hydrogen (secondary N) is 1. The molecular formula is C20H27N3O3. The Morgan fingerprint density at radius 1 is 1.19 bits per heavy atom. The Morgan fingerprint density at radius 3 is 2.58 bits per heavy atom. The van der Waals surface area contributed by atoms with Crippen molar-refractivity contribution in [1.82, 2.24) is 15.1 Å². The van der Waals surface area contributed by atoms with Crippen molar-refractivity contribution in [3.63, 3.8) is 0 Å². The Balaban J connectivity index is 1.80. The fourth-order valence-electron chi connectivity index (χ4n) is 4.11. The summed E-state index contributed by atoms with van der Waals surface area (Å²) in [6, 6.07) is 8.96. The van der Waals surface area contributed by atoms with E-state index in [1.54, 1.807) is 0 Å². The second-order valence-corrected chi connectivity index (χ2v) is 7.09. The number of carbonyl (C=O) groups is 3. The van der Waals surface area contributed by atoms with Crippen LogP contribution in [0.2, 0.25) is 0 Å². The molecule has 1 aromatic carbocycles. The highest BCUT2D eigenvalue weighted by molar-refractivity contribution is 6.09. The van der Waals surface area contributed by atoms with Crippen LogP contribution >= 0.6 is 0 Å². The average Bonchev–Trinajstić information content (AvgIpc) is 2.93. The van der Waals surface area contributed by atoms with Gasteiger partial charge in [0.1, 0.15) is 12.1 Å². The van der Waals surface area contributed by atoms with Crippen molar-refractivity contribution in [3.05, 3.63) is 35.9 Å². The molecule has 2 atom stereocenters. The summed E-state index contributed by atoms with van der Waals surface area (Å²) >= 11 is 0. The first-order valence-corrected chi connectivity index (χ1v) is 9.52. The molecule has 0 aliphatic carbocycles. The number of hydrogen-bond acceptors (Lipinski definition) is 3. The van der Waals surface area contributed by atoms with E-state index < -0.39 is 11.6 Å². The molecule has 1 N–H and O–H groups in total. The van der Waals surface area contributed by atoms with E-state index in [1.165, 1.54) is 0 Å². The SMILES string of the molecule is CC[C@@H]1CCCCN1C(=O)CN1C(=O)N[C@](CC)(c2ccccc2)C1=O. The maximum absolute atomic E-state index is 13.1. The first kappa shape index (κ1) is 18.4. The highest BCUT2D eigenvalue weighted by atomic mass is 16.2. The minimum Gasteiger partial charge on any atom is -0.338 e. The summed E-state index contributed by atoms with van der Waals surface area (Å²) in [7, 11) is 0. The summed E-state index contributed by atoms with van der Waals surface area (Å²) in [5, 5.41) is 2.83. The van der Waals surface area contributed by atoms with Gasteiger partial charge in [-0.1, -0.05) is 44.2 Å². The molecule has 0 saturated carbocycles.